The number of rotatable bonds is 2. The van der Waals surface area contributed by atoms with E-state index in [1.54, 1.807) is 0 Å². The molecule has 1 heterocycles. The molecule has 1 aromatic carbocycles. The molecule has 0 radical (unpaired) electrons. The third-order valence-corrected chi connectivity index (χ3v) is 3.77. The second-order valence-corrected chi connectivity index (χ2v) is 5.16. The molecule has 1 atom stereocenters. The summed E-state index contributed by atoms with van der Waals surface area (Å²) in [4.78, 5) is 4.71. The first-order valence-electron chi connectivity index (χ1n) is 5.83. The molecule has 0 saturated carbocycles. The van der Waals surface area contributed by atoms with E-state index in [1.165, 1.54) is 23.4 Å². The molecule has 0 bridgehead atoms. The molecule has 2 nitrogen and oxygen atoms in total. The van der Waals surface area contributed by atoms with Gasteiger partial charge in [-0.05, 0) is 31.4 Å². The highest BCUT2D eigenvalue weighted by Crippen LogP contribution is 2.22. The number of hydrogen-bond donors (Lipinski definition) is 1. The van der Waals surface area contributed by atoms with Crippen molar-refractivity contribution in [2.45, 2.75) is 32.7 Å². The number of aliphatic imine (C=N–C) groups is 1. The number of nitrogens with one attached hydrogen (secondary N) is 1. The number of thioether (sulfide) groups is 1. The summed E-state index contributed by atoms with van der Waals surface area (Å²) in [6, 6.07) is 8.85. The van der Waals surface area contributed by atoms with Crippen LogP contribution in [0, 0.1) is 6.92 Å². The van der Waals surface area contributed by atoms with Gasteiger partial charge in [0, 0.05) is 11.4 Å². The lowest BCUT2D eigenvalue weighted by atomic mass is 10.2. The zero-order valence-electron chi connectivity index (χ0n) is 9.86. The molecule has 1 aliphatic rings. The fourth-order valence-electron chi connectivity index (χ4n) is 1.75. The smallest absolute Gasteiger partial charge is 0.161 e. The van der Waals surface area contributed by atoms with Crippen molar-refractivity contribution >= 4 is 22.6 Å². The highest BCUT2D eigenvalue weighted by atomic mass is 32.2. The van der Waals surface area contributed by atoms with Gasteiger partial charge in [0.25, 0.3) is 0 Å². The van der Waals surface area contributed by atoms with Crippen LogP contribution in [0.5, 0.6) is 0 Å². The Morgan fingerprint density at radius 2 is 2.25 bits per heavy atom. The topological polar surface area (TPSA) is 24.4 Å². The lowest BCUT2D eigenvalue weighted by Gasteiger charge is -2.20. The van der Waals surface area contributed by atoms with Crippen molar-refractivity contribution in [1.82, 2.24) is 0 Å². The Morgan fingerprint density at radius 3 is 3.00 bits per heavy atom. The van der Waals surface area contributed by atoms with Gasteiger partial charge in [0.05, 0.1) is 6.04 Å². The Bertz CT molecular complexity index is 387. The highest BCUT2D eigenvalue weighted by Gasteiger charge is 2.14. The van der Waals surface area contributed by atoms with Gasteiger partial charge >= 0.3 is 0 Å². The summed E-state index contributed by atoms with van der Waals surface area (Å²) in [6.07, 6.45) is 2.35. The minimum absolute atomic E-state index is 0.507. The van der Waals surface area contributed by atoms with E-state index in [0.717, 1.165) is 11.6 Å². The maximum absolute atomic E-state index is 4.71. The van der Waals surface area contributed by atoms with Crippen LogP contribution in [0.15, 0.2) is 29.3 Å². The molecule has 0 amide bonds. The van der Waals surface area contributed by atoms with Crippen LogP contribution in [0.4, 0.5) is 5.69 Å². The molecule has 0 fully saturated rings. The molecular formula is C13H18N2S. The SMILES string of the molecule is CCC1CCSC(Nc2ccccc2C)=N1. The lowest BCUT2D eigenvalue weighted by Crippen LogP contribution is -2.19. The first-order chi connectivity index (χ1) is 7.79. The highest BCUT2D eigenvalue weighted by molar-refractivity contribution is 8.14. The molecule has 0 aliphatic carbocycles. The van der Waals surface area contributed by atoms with Crippen molar-refractivity contribution in [2.75, 3.05) is 11.1 Å². The molecule has 1 unspecified atom stereocenters. The molecule has 3 heteroatoms. The van der Waals surface area contributed by atoms with Crippen LogP contribution in [0.2, 0.25) is 0 Å². The summed E-state index contributed by atoms with van der Waals surface area (Å²) in [7, 11) is 0. The average molecular weight is 234 g/mol. The van der Waals surface area contributed by atoms with Crippen molar-refractivity contribution in [3.63, 3.8) is 0 Å². The summed E-state index contributed by atoms with van der Waals surface area (Å²) in [5.74, 6) is 1.18. The first-order valence-corrected chi connectivity index (χ1v) is 6.81. The second-order valence-electron chi connectivity index (χ2n) is 4.07. The van der Waals surface area contributed by atoms with Crippen LogP contribution in [0.1, 0.15) is 25.3 Å². The molecule has 0 aromatic heterocycles. The van der Waals surface area contributed by atoms with Gasteiger partial charge in [-0.1, -0.05) is 36.9 Å². The van der Waals surface area contributed by atoms with Crippen LogP contribution < -0.4 is 5.32 Å². The molecule has 0 spiro atoms. The van der Waals surface area contributed by atoms with Gasteiger partial charge in [-0.2, -0.15) is 0 Å². The van der Waals surface area contributed by atoms with Crippen molar-refractivity contribution in [3.8, 4) is 0 Å². The van der Waals surface area contributed by atoms with Gasteiger partial charge < -0.3 is 5.32 Å². The van der Waals surface area contributed by atoms with Gasteiger partial charge in [0.15, 0.2) is 5.17 Å². The van der Waals surface area contributed by atoms with Gasteiger partial charge in [-0.25, -0.2) is 0 Å². The second kappa shape index (κ2) is 5.39. The Balaban J connectivity index is 2.10. The summed E-state index contributed by atoms with van der Waals surface area (Å²) in [6.45, 7) is 4.32. The largest absolute Gasteiger partial charge is 0.335 e. The third kappa shape index (κ3) is 2.79. The van der Waals surface area contributed by atoms with Crippen LogP contribution in [-0.2, 0) is 0 Å². The molecule has 86 valence electrons. The first kappa shape index (κ1) is 11.5. The molecule has 2 rings (SSSR count). The summed E-state index contributed by atoms with van der Waals surface area (Å²) < 4.78 is 0. The van der Waals surface area contributed by atoms with E-state index in [9.17, 15) is 0 Å². The maximum Gasteiger partial charge on any atom is 0.161 e. The van der Waals surface area contributed by atoms with Crippen molar-refractivity contribution in [2.24, 2.45) is 4.99 Å². The number of nitrogens with zero attached hydrogens (tertiary/aromatic N) is 1. The summed E-state index contributed by atoms with van der Waals surface area (Å²) in [5, 5.41) is 4.50. The standard InChI is InChI=1S/C13H18N2S/c1-3-11-8-9-16-13(14-11)15-12-7-5-4-6-10(12)2/h4-7,11H,3,8-9H2,1-2H3,(H,14,15). The fourth-order valence-corrected chi connectivity index (χ4v) is 2.74. The van der Waals surface area contributed by atoms with E-state index in [-0.39, 0.29) is 0 Å². The number of amidine groups is 1. The minimum Gasteiger partial charge on any atom is -0.335 e. The van der Waals surface area contributed by atoms with Gasteiger partial charge in [0.1, 0.15) is 0 Å². The molecule has 1 N–H and O–H groups in total. The van der Waals surface area contributed by atoms with Gasteiger partial charge in [-0.3, -0.25) is 4.99 Å². The number of para-hydroxylation sites is 1. The number of anilines is 1. The van der Waals surface area contributed by atoms with Crippen molar-refractivity contribution in [1.29, 1.82) is 0 Å². The zero-order valence-corrected chi connectivity index (χ0v) is 10.7. The summed E-state index contributed by atoms with van der Waals surface area (Å²) >= 11 is 1.82. The predicted octanol–water partition coefficient (Wildman–Crippen LogP) is 3.68. The van der Waals surface area contributed by atoms with Crippen molar-refractivity contribution in [3.05, 3.63) is 29.8 Å². The van der Waals surface area contributed by atoms with Gasteiger partial charge in [0.2, 0.25) is 0 Å². The van der Waals surface area contributed by atoms with E-state index in [4.69, 9.17) is 4.99 Å². The number of benzene rings is 1. The van der Waals surface area contributed by atoms with Crippen LogP contribution in [-0.4, -0.2) is 17.0 Å². The minimum atomic E-state index is 0.507. The Morgan fingerprint density at radius 1 is 1.44 bits per heavy atom. The molecule has 16 heavy (non-hydrogen) atoms. The summed E-state index contributed by atoms with van der Waals surface area (Å²) in [5.41, 5.74) is 2.44. The van der Waals surface area contributed by atoms with E-state index >= 15 is 0 Å². The zero-order chi connectivity index (χ0) is 11.4. The molecule has 0 saturated heterocycles. The quantitative estimate of drug-likeness (QED) is 0.844. The van der Waals surface area contributed by atoms with E-state index in [2.05, 4.69) is 43.4 Å². The Labute approximate surface area is 102 Å². The Hall–Kier alpha value is -0.960. The van der Waals surface area contributed by atoms with Crippen LogP contribution >= 0.6 is 11.8 Å². The fraction of sp³-hybridized carbons (Fsp3) is 0.462. The van der Waals surface area contributed by atoms with Crippen LogP contribution in [0.25, 0.3) is 0 Å². The lowest BCUT2D eigenvalue weighted by molar-refractivity contribution is 0.634. The molecule has 1 aliphatic heterocycles. The predicted molar refractivity (Wildman–Crippen MR) is 73.4 cm³/mol. The molecule has 1 aromatic rings. The van der Waals surface area contributed by atoms with Crippen molar-refractivity contribution < 1.29 is 0 Å². The Kier molecular flexibility index (Phi) is 3.88. The number of hydrogen-bond acceptors (Lipinski definition) is 3. The molecular weight excluding hydrogens is 216 g/mol. The maximum atomic E-state index is 4.71. The number of aryl methyl sites for hydroxylation is 1. The van der Waals surface area contributed by atoms with E-state index in [0.29, 0.717) is 6.04 Å². The monoisotopic (exact) mass is 234 g/mol. The van der Waals surface area contributed by atoms with E-state index < -0.39 is 0 Å². The van der Waals surface area contributed by atoms with E-state index in [1.807, 2.05) is 11.8 Å². The third-order valence-electron chi connectivity index (χ3n) is 2.85. The normalized spacial score (nSPS) is 20.4. The van der Waals surface area contributed by atoms with Crippen LogP contribution in [0.3, 0.4) is 0 Å². The van der Waals surface area contributed by atoms with Gasteiger partial charge in [-0.15, -0.1) is 0 Å². The average Bonchev–Trinajstić information content (AvgIpc) is 2.32.